The fourth-order valence-corrected chi connectivity index (χ4v) is 3.64. The Labute approximate surface area is 200 Å². The van der Waals surface area contributed by atoms with E-state index in [9.17, 15) is 18.0 Å². The standard InChI is InChI=1S/C24H25F3N6O2/c1-16-3-5-18(6-4-16)30-21-15-22(29-17(2)28-21)32-11-13-33(14-12-32)23(34)31-19-7-9-20(10-8-19)35-24(25,26)27/h3-10,15H,11-14H2,1-2H3,(H,31,34)(H,28,29,30). The summed E-state index contributed by atoms with van der Waals surface area (Å²) in [5, 5.41) is 6.00. The molecule has 2 N–H and O–H groups in total. The summed E-state index contributed by atoms with van der Waals surface area (Å²) < 4.78 is 40.7. The first-order chi connectivity index (χ1) is 16.6. The van der Waals surface area contributed by atoms with Crippen molar-refractivity contribution in [3.05, 3.63) is 66.0 Å². The molecule has 0 spiro atoms. The second-order valence-corrected chi connectivity index (χ2v) is 8.13. The molecule has 1 aliphatic heterocycles. The molecule has 0 unspecified atom stereocenters. The quantitative estimate of drug-likeness (QED) is 0.523. The maximum atomic E-state index is 12.6. The van der Waals surface area contributed by atoms with Crippen molar-refractivity contribution in [3.63, 3.8) is 0 Å². The van der Waals surface area contributed by atoms with Crippen LogP contribution in [0.1, 0.15) is 11.4 Å². The number of nitrogens with zero attached hydrogens (tertiary/aromatic N) is 4. The number of carbonyl (C=O) groups excluding carboxylic acids is 1. The lowest BCUT2D eigenvalue weighted by atomic mass is 10.2. The molecule has 4 rings (SSSR count). The van der Waals surface area contributed by atoms with Gasteiger partial charge in [-0.1, -0.05) is 17.7 Å². The van der Waals surface area contributed by atoms with E-state index < -0.39 is 6.36 Å². The largest absolute Gasteiger partial charge is 0.573 e. The van der Waals surface area contributed by atoms with E-state index in [1.165, 1.54) is 17.7 Å². The van der Waals surface area contributed by atoms with Crippen molar-refractivity contribution in [3.8, 4) is 5.75 Å². The van der Waals surface area contributed by atoms with Crippen LogP contribution in [0.2, 0.25) is 0 Å². The topological polar surface area (TPSA) is 82.6 Å². The van der Waals surface area contributed by atoms with Gasteiger partial charge in [-0.2, -0.15) is 0 Å². The number of ether oxygens (including phenoxy) is 1. The number of hydrogen-bond donors (Lipinski definition) is 2. The molecule has 1 aliphatic rings. The molecule has 0 radical (unpaired) electrons. The molecule has 0 bridgehead atoms. The van der Waals surface area contributed by atoms with E-state index >= 15 is 0 Å². The Morgan fingerprint density at radius 3 is 2.17 bits per heavy atom. The van der Waals surface area contributed by atoms with Crippen LogP contribution in [-0.2, 0) is 0 Å². The highest BCUT2D eigenvalue weighted by atomic mass is 19.4. The van der Waals surface area contributed by atoms with E-state index in [0.29, 0.717) is 43.5 Å². The van der Waals surface area contributed by atoms with Gasteiger partial charge in [-0.15, -0.1) is 13.2 Å². The number of aromatic nitrogens is 2. The number of halogens is 3. The molecule has 11 heteroatoms. The summed E-state index contributed by atoms with van der Waals surface area (Å²) in [6, 6.07) is 14.6. The van der Waals surface area contributed by atoms with Gasteiger partial charge in [0.2, 0.25) is 0 Å². The Morgan fingerprint density at radius 2 is 1.54 bits per heavy atom. The van der Waals surface area contributed by atoms with Crippen LogP contribution < -0.4 is 20.3 Å². The predicted molar refractivity (Wildman–Crippen MR) is 127 cm³/mol. The third kappa shape index (κ3) is 6.75. The zero-order valence-corrected chi connectivity index (χ0v) is 19.3. The van der Waals surface area contributed by atoms with Crippen LogP contribution in [-0.4, -0.2) is 53.4 Å². The Bertz CT molecular complexity index is 1160. The minimum absolute atomic E-state index is 0.324. The number of nitrogens with one attached hydrogen (secondary N) is 2. The highest BCUT2D eigenvalue weighted by molar-refractivity contribution is 5.89. The normalized spacial score (nSPS) is 14.0. The summed E-state index contributed by atoms with van der Waals surface area (Å²) in [5.74, 6) is 1.75. The molecule has 2 amide bonds. The lowest BCUT2D eigenvalue weighted by molar-refractivity contribution is -0.274. The summed E-state index contributed by atoms with van der Waals surface area (Å²) in [6.07, 6.45) is -4.76. The van der Waals surface area contributed by atoms with Crippen LogP contribution in [0.15, 0.2) is 54.6 Å². The van der Waals surface area contributed by atoms with Crippen molar-refractivity contribution >= 4 is 29.0 Å². The lowest BCUT2D eigenvalue weighted by Gasteiger charge is -2.35. The van der Waals surface area contributed by atoms with E-state index in [1.54, 1.807) is 4.90 Å². The van der Waals surface area contributed by atoms with Crippen LogP contribution in [0, 0.1) is 13.8 Å². The SMILES string of the molecule is Cc1ccc(Nc2cc(N3CCN(C(=O)Nc4ccc(OC(F)(F)F)cc4)CC3)nc(C)n2)cc1. The van der Waals surface area contributed by atoms with E-state index in [2.05, 4.69) is 30.2 Å². The second kappa shape index (κ2) is 10.1. The number of benzene rings is 2. The van der Waals surface area contributed by atoms with Gasteiger partial charge in [-0.05, 0) is 50.2 Å². The molecule has 0 atom stereocenters. The number of rotatable bonds is 5. The van der Waals surface area contributed by atoms with Crippen LogP contribution in [0.5, 0.6) is 5.75 Å². The number of hydrogen-bond acceptors (Lipinski definition) is 6. The number of anilines is 4. The Morgan fingerprint density at radius 1 is 0.914 bits per heavy atom. The molecule has 8 nitrogen and oxygen atoms in total. The molecule has 184 valence electrons. The maximum absolute atomic E-state index is 12.6. The number of amides is 2. The van der Waals surface area contributed by atoms with E-state index in [-0.39, 0.29) is 11.8 Å². The van der Waals surface area contributed by atoms with Gasteiger partial charge in [-0.3, -0.25) is 0 Å². The van der Waals surface area contributed by atoms with Crippen molar-refractivity contribution in [2.75, 3.05) is 41.7 Å². The molecule has 0 aliphatic carbocycles. The third-order valence-corrected chi connectivity index (χ3v) is 5.38. The van der Waals surface area contributed by atoms with Crippen LogP contribution in [0.25, 0.3) is 0 Å². The highest BCUT2D eigenvalue weighted by Crippen LogP contribution is 2.25. The van der Waals surface area contributed by atoms with Gasteiger partial charge in [-0.25, -0.2) is 14.8 Å². The number of aryl methyl sites for hydroxylation is 2. The number of urea groups is 1. The number of piperazine rings is 1. The summed E-state index contributed by atoms with van der Waals surface area (Å²) in [5.41, 5.74) is 2.48. The molecule has 3 aromatic rings. The lowest BCUT2D eigenvalue weighted by Crippen LogP contribution is -2.50. The molecule has 1 aromatic heterocycles. The minimum atomic E-state index is -4.76. The average molecular weight is 486 g/mol. The Kier molecular flexibility index (Phi) is 6.94. The van der Waals surface area contributed by atoms with Crippen molar-refractivity contribution < 1.29 is 22.7 Å². The van der Waals surface area contributed by atoms with Crippen LogP contribution in [0.4, 0.5) is 41.0 Å². The van der Waals surface area contributed by atoms with Gasteiger partial charge in [0.15, 0.2) is 0 Å². The van der Waals surface area contributed by atoms with E-state index in [1.807, 2.05) is 44.2 Å². The van der Waals surface area contributed by atoms with Crippen molar-refractivity contribution in [1.29, 1.82) is 0 Å². The molecule has 1 fully saturated rings. The Balaban J connectivity index is 1.33. The van der Waals surface area contributed by atoms with Crippen molar-refractivity contribution in [2.45, 2.75) is 20.2 Å². The molecule has 2 heterocycles. The third-order valence-electron chi connectivity index (χ3n) is 5.38. The molecule has 2 aromatic carbocycles. The van der Waals surface area contributed by atoms with E-state index in [0.717, 1.165) is 23.6 Å². The summed E-state index contributed by atoms with van der Waals surface area (Å²) >= 11 is 0. The first-order valence-electron chi connectivity index (χ1n) is 11.0. The van der Waals surface area contributed by atoms with Crippen molar-refractivity contribution in [2.24, 2.45) is 0 Å². The van der Waals surface area contributed by atoms with Gasteiger partial charge in [0.05, 0.1) is 0 Å². The van der Waals surface area contributed by atoms with Gasteiger partial charge < -0.3 is 25.2 Å². The Hall–Kier alpha value is -4.02. The van der Waals surface area contributed by atoms with Gasteiger partial charge >= 0.3 is 12.4 Å². The van der Waals surface area contributed by atoms with Gasteiger partial charge in [0.1, 0.15) is 23.2 Å². The smallest absolute Gasteiger partial charge is 0.406 e. The average Bonchev–Trinajstić information content (AvgIpc) is 2.81. The first-order valence-corrected chi connectivity index (χ1v) is 11.0. The molecule has 35 heavy (non-hydrogen) atoms. The second-order valence-electron chi connectivity index (χ2n) is 8.13. The first kappa shape index (κ1) is 24.1. The predicted octanol–water partition coefficient (Wildman–Crippen LogP) is 5.09. The van der Waals surface area contributed by atoms with Crippen molar-refractivity contribution in [1.82, 2.24) is 14.9 Å². The van der Waals surface area contributed by atoms with Gasteiger partial charge in [0, 0.05) is 43.6 Å². The van der Waals surface area contributed by atoms with Crippen LogP contribution >= 0.6 is 0 Å². The zero-order chi connectivity index (χ0) is 25.0. The molecule has 1 saturated heterocycles. The fraction of sp³-hybridized carbons (Fsp3) is 0.292. The monoisotopic (exact) mass is 486 g/mol. The number of carbonyl (C=O) groups is 1. The maximum Gasteiger partial charge on any atom is 0.573 e. The van der Waals surface area contributed by atoms with Gasteiger partial charge in [0.25, 0.3) is 0 Å². The number of alkyl halides is 3. The van der Waals surface area contributed by atoms with E-state index in [4.69, 9.17) is 0 Å². The highest BCUT2D eigenvalue weighted by Gasteiger charge is 2.31. The molecule has 0 saturated carbocycles. The summed E-state index contributed by atoms with van der Waals surface area (Å²) in [7, 11) is 0. The minimum Gasteiger partial charge on any atom is -0.406 e. The summed E-state index contributed by atoms with van der Waals surface area (Å²) in [6.45, 7) is 5.94. The molecular weight excluding hydrogens is 461 g/mol. The molecular formula is C24H25F3N6O2. The zero-order valence-electron chi connectivity index (χ0n) is 19.3. The summed E-state index contributed by atoms with van der Waals surface area (Å²) in [4.78, 5) is 25.4. The fourth-order valence-electron chi connectivity index (χ4n) is 3.64. The van der Waals surface area contributed by atoms with Crippen LogP contribution in [0.3, 0.4) is 0 Å².